The molecule has 0 aromatic heterocycles. The average molecular weight is 395 g/mol. The zero-order valence-corrected chi connectivity index (χ0v) is 15.6. The van der Waals surface area contributed by atoms with Crippen LogP contribution in [0.15, 0.2) is 53.4 Å². The average Bonchev–Trinajstić information content (AvgIpc) is 2.60. The van der Waals surface area contributed by atoms with Gasteiger partial charge in [0.05, 0.1) is 16.3 Å². The lowest BCUT2D eigenvalue weighted by Gasteiger charge is -2.12. The zero-order valence-electron chi connectivity index (χ0n) is 14.0. The Morgan fingerprint density at radius 3 is 2.38 bits per heavy atom. The topological polar surface area (TPSA) is 87.3 Å². The SMILES string of the molecule is Cc1ccc(S(=O)(=O)CCC(=O)NNC(=S)Nc2ccccc2F)cc1. The summed E-state index contributed by atoms with van der Waals surface area (Å²) in [4.78, 5) is 12.0. The van der Waals surface area contributed by atoms with Crippen molar-refractivity contribution in [2.45, 2.75) is 18.2 Å². The van der Waals surface area contributed by atoms with E-state index in [2.05, 4.69) is 16.2 Å². The molecule has 0 bridgehead atoms. The van der Waals surface area contributed by atoms with Gasteiger partial charge in [0.25, 0.3) is 0 Å². The number of halogens is 1. The molecule has 0 saturated heterocycles. The van der Waals surface area contributed by atoms with Crippen molar-refractivity contribution in [3.8, 4) is 0 Å². The standard InChI is InChI=1S/C17H18FN3O3S2/c1-12-6-8-13(9-7-12)26(23,24)11-10-16(22)20-21-17(25)19-15-5-3-2-4-14(15)18/h2-9H,10-11H2,1H3,(H,20,22)(H2,19,21,25). The lowest BCUT2D eigenvalue weighted by Crippen LogP contribution is -2.44. The van der Waals surface area contributed by atoms with Crippen molar-refractivity contribution in [2.24, 2.45) is 0 Å². The van der Waals surface area contributed by atoms with Crippen LogP contribution in [-0.2, 0) is 14.6 Å². The monoisotopic (exact) mass is 395 g/mol. The van der Waals surface area contributed by atoms with E-state index < -0.39 is 21.6 Å². The van der Waals surface area contributed by atoms with E-state index in [1.165, 1.54) is 30.3 Å². The lowest BCUT2D eigenvalue weighted by molar-refractivity contribution is -0.121. The fourth-order valence-corrected chi connectivity index (χ4v) is 3.40. The summed E-state index contributed by atoms with van der Waals surface area (Å²) < 4.78 is 37.9. The van der Waals surface area contributed by atoms with Gasteiger partial charge in [0, 0.05) is 6.42 Å². The van der Waals surface area contributed by atoms with Crippen LogP contribution < -0.4 is 16.2 Å². The second kappa shape index (κ2) is 8.72. The number of hydrazine groups is 1. The molecule has 1 amide bonds. The Morgan fingerprint density at radius 2 is 1.73 bits per heavy atom. The summed E-state index contributed by atoms with van der Waals surface area (Å²) in [5.41, 5.74) is 5.78. The highest BCUT2D eigenvalue weighted by molar-refractivity contribution is 7.91. The molecule has 138 valence electrons. The molecular weight excluding hydrogens is 377 g/mol. The normalized spacial score (nSPS) is 10.8. The number of thiocarbonyl (C=S) groups is 1. The first-order valence-electron chi connectivity index (χ1n) is 7.68. The molecule has 2 rings (SSSR count). The van der Waals surface area contributed by atoms with E-state index in [1.54, 1.807) is 18.2 Å². The number of hydrogen-bond acceptors (Lipinski definition) is 4. The third-order valence-electron chi connectivity index (χ3n) is 3.42. The molecule has 6 nitrogen and oxygen atoms in total. The number of anilines is 1. The van der Waals surface area contributed by atoms with Gasteiger partial charge in [-0.25, -0.2) is 12.8 Å². The third-order valence-corrected chi connectivity index (χ3v) is 5.35. The summed E-state index contributed by atoms with van der Waals surface area (Å²) >= 11 is 4.94. The molecular formula is C17H18FN3O3S2. The van der Waals surface area contributed by atoms with Gasteiger partial charge in [0.1, 0.15) is 5.82 Å². The summed E-state index contributed by atoms with van der Waals surface area (Å²) in [5.74, 6) is -1.39. The van der Waals surface area contributed by atoms with Crippen LogP contribution in [0, 0.1) is 12.7 Å². The van der Waals surface area contributed by atoms with Crippen LogP contribution in [0.1, 0.15) is 12.0 Å². The Kier molecular flexibility index (Phi) is 6.64. The number of nitrogens with one attached hydrogen (secondary N) is 3. The van der Waals surface area contributed by atoms with Crippen molar-refractivity contribution in [3.63, 3.8) is 0 Å². The summed E-state index contributed by atoms with van der Waals surface area (Å²) in [6.45, 7) is 1.85. The first-order valence-corrected chi connectivity index (χ1v) is 9.74. The molecule has 0 spiro atoms. The van der Waals surface area contributed by atoms with Crippen molar-refractivity contribution in [1.29, 1.82) is 0 Å². The van der Waals surface area contributed by atoms with Crippen LogP contribution in [0.3, 0.4) is 0 Å². The maximum atomic E-state index is 13.5. The number of aryl methyl sites for hydroxylation is 1. The number of hydrogen-bond donors (Lipinski definition) is 3. The number of amides is 1. The van der Waals surface area contributed by atoms with Gasteiger partial charge in [-0.1, -0.05) is 29.8 Å². The van der Waals surface area contributed by atoms with Gasteiger partial charge in [-0.15, -0.1) is 0 Å². The molecule has 0 aliphatic carbocycles. The van der Waals surface area contributed by atoms with Gasteiger partial charge >= 0.3 is 0 Å². The van der Waals surface area contributed by atoms with Gasteiger partial charge < -0.3 is 5.32 Å². The van der Waals surface area contributed by atoms with E-state index in [0.29, 0.717) is 0 Å². The maximum Gasteiger partial charge on any atom is 0.239 e. The molecule has 3 N–H and O–H groups in total. The minimum Gasteiger partial charge on any atom is -0.329 e. The Morgan fingerprint density at radius 1 is 1.08 bits per heavy atom. The van der Waals surface area contributed by atoms with Crippen LogP contribution in [-0.4, -0.2) is 25.2 Å². The highest BCUT2D eigenvalue weighted by Crippen LogP contribution is 2.13. The number of sulfone groups is 1. The van der Waals surface area contributed by atoms with Gasteiger partial charge in [-0.05, 0) is 43.4 Å². The Bertz CT molecular complexity index is 900. The number of carbonyl (C=O) groups excluding carboxylic acids is 1. The first-order chi connectivity index (χ1) is 12.3. The molecule has 0 heterocycles. The second-order valence-corrected chi connectivity index (χ2v) is 8.01. The summed E-state index contributed by atoms with van der Waals surface area (Å²) in [7, 11) is -3.55. The van der Waals surface area contributed by atoms with Crippen LogP contribution >= 0.6 is 12.2 Å². The second-order valence-electron chi connectivity index (χ2n) is 5.49. The smallest absolute Gasteiger partial charge is 0.239 e. The zero-order chi connectivity index (χ0) is 19.2. The Labute approximate surface area is 156 Å². The first kappa shape index (κ1) is 19.8. The van der Waals surface area contributed by atoms with Gasteiger partial charge in [0.15, 0.2) is 14.9 Å². The van der Waals surface area contributed by atoms with Crippen LogP contribution in [0.2, 0.25) is 0 Å². The molecule has 0 radical (unpaired) electrons. The van der Waals surface area contributed by atoms with E-state index in [9.17, 15) is 17.6 Å². The fraction of sp³-hybridized carbons (Fsp3) is 0.176. The molecule has 0 unspecified atom stereocenters. The highest BCUT2D eigenvalue weighted by atomic mass is 32.2. The quantitative estimate of drug-likeness (QED) is 0.532. The lowest BCUT2D eigenvalue weighted by atomic mass is 10.2. The number of rotatable bonds is 5. The van der Waals surface area contributed by atoms with E-state index in [1.807, 2.05) is 6.92 Å². The summed E-state index contributed by atoms with van der Waals surface area (Å²) in [5, 5.41) is 2.56. The molecule has 0 atom stereocenters. The predicted molar refractivity (Wildman–Crippen MR) is 102 cm³/mol. The van der Waals surface area contributed by atoms with E-state index >= 15 is 0 Å². The summed E-state index contributed by atoms with van der Waals surface area (Å²) in [6, 6.07) is 12.3. The molecule has 0 aliphatic heterocycles. The largest absolute Gasteiger partial charge is 0.329 e. The fourth-order valence-electron chi connectivity index (χ4n) is 2.00. The number of para-hydroxylation sites is 1. The molecule has 0 aliphatic rings. The van der Waals surface area contributed by atoms with Crippen molar-refractivity contribution >= 4 is 38.8 Å². The molecule has 9 heteroatoms. The molecule has 0 fully saturated rings. The van der Waals surface area contributed by atoms with Crippen LogP contribution in [0.5, 0.6) is 0 Å². The van der Waals surface area contributed by atoms with Gasteiger partial charge in [-0.2, -0.15) is 0 Å². The third kappa shape index (κ3) is 5.78. The van der Waals surface area contributed by atoms with Crippen molar-refractivity contribution in [3.05, 3.63) is 59.9 Å². The Hall–Kier alpha value is -2.52. The van der Waals surface area contributed by atoms with Crippen molar-refractivity contribution in [1.82, 2.24) is 10.9 Å². The number of carbonyl (C=O) groups is 1. The van der Waals surface area contributed by atoms with Gasteiger partial charge in [-0.3, -0.25) is 15.6 Å². The van der Waals surface area contributed by atoms with E-state index in [0.717, 1.165) is 5.56 Å². The molecule has 0 saturated carbocycles. The minimum atomic E-state index is -3.55. The van der Waals surface area contributed by atoms with Crippen LogP contribution in [0.25, 0.3) is 0 Å². The summed E-state index contributed by atoms with van der Waals surface area (Å²) in [6.07, 6.45) is -0.245. The predicted octanol–water partition coefficient (Wildman–Crippen LogP) is 2.32. The highest BCUT2D eigenvalue weighted by Gasteiger charge is 2.16. The number of benzene rings is 2. The van der Waals surface area contributed by atoms with E-state index in [-0.39, 0.29) is 27.9 Å². The molecule has 2 aromatic rings. The van der Waals surface area contributed by atoms with Crippen LogP contribution in [0.4, 0.5) is 10.1 Å². The van der Waals surface area contributed by atoms with E-state index in [4.69, 9.17) is 12.2 Å². The minimum absolute atomic E-state index is 0.0233. The molecule has 26 heavy (non-hydrogen) atoms. The van der Waals surface area contributed by atoms with Gasteiger partial charge in [0.2, 0.25) is 5.91 Å². The maximum absolute atomic E-state index is 13.5. The van der Waals surface area contributed by atoms with Crippen molar-refractivity contribution in [2.75, 3.05) is 11.1 Å². The Balaban J connectivity index is 1.80. The van der Waals surface area contributed by atoms with Crippen molar-refractivity contribution < 1.29 is 17.6 Å². The molecule has 2 aromatic carbocycles.